The van der Waals surface area contributed by atoms with Crippen molar-refractivity contribution in [3.05, 3.63) is 52.3 Å². The van der Waals surface area contributed by atoms with Crippen LogP contribution in [0.25, 0.3) is 0 Å². The number of rotatable bonds is 9. The van der Waals surface area contributed by atoms with Crippen LogP contribution in [-0.2, 0) is 14.4 Å². The number of carbonyl (C=O) groups is 3. The summed E-state index contributed by atoms with van der Waals surface area (Å²) in [6.45, 7) is -0.532. The van der Waals surface area contributed by atoms with Crippen molar-refractivity contribution in [2.24, 2.45) is 5.41 Å². The van der Waals surface area contributed by atoms with Crippen LogP contribution in [-0.4, -0.2) is 48.6 Å². The molecule has 0 aromatic heterocycles. The van der Waals surface area contributed by atoms with Gasteiger partial charge < -0.3 is 19.7 Å². The third-order valence-corrected chi connectivity index (χ3v) is 8.01. The molecule has 2 aromatic carbocycles. The van der Waals surface area contributed by atoms with Gasteiger partial charge in [-0.1, -0.05) is 23.2 Å². The van der Waals surface area contributed by atoms with E-state index in [4.69, 9.17) is 32.7 Å². The number of nitrogens with zero attached hydrogens (tertiary/aromatic N) is 1. The molecule has 214 valence electrons. The van der Waals surface area contributed by atoms with Crippen LogP contribution in [0.5, 0.6) is 11.5 Å². The lowest BCUT2D eigenvalue weighted by molar-refractivity contribution is -0.175. The van der Waals surface area contributed by atoms with Crippen LogP contribution in [0.4, 0.5) is 23.2 Å². The van der Waals surface area contributed by atoms with Gasteiger partial charge in [-0.3, -0.25) is 14.4 Å². The summed E-state index contributed by atoms with van der Waals surface area (Å²) in [4.78, 5) is 39.4. The first-order valence-corrected chi connectivity index (χ1v) is 13.3. The Kier molecular flexibility index (Phi) is 7.41. The predicted octanol–water partition coefficient (Wildman–Crippen LogP) is 5.65. The van der Waals surface area contributed by atoms with Gasteiger partial charge in [0.15, 0.2) is 18.5 Å². The molecule has 1 unspecified atom stereocenters. The minimum Gasteiger partial charge on any atom is -0.484 e. The van der Waals surface area contributed by atoms with Crippen LogP contribution in [0.15, 0.2) is 36.4 Å². The van der Waals surface area contributed by atoms with Crippen molar-refractivity contribution in [2.75, 3.05) is 18.1 Å². The van der Waals surface area contributed by atoms with Gasteiger partial charge in [0.1, 0.15) is 17.3 Å². The molecule has 3 aliphatic carbocycles. The highest BCUT2D eigenvalue weighted by molar-refractivity contribution is 6.31. The van der Waals surface area contributed by atoms with Crippen LogP contribution in [0.1, 0.15) is 38.5 Å². The summed E-state index contributed by atoms with van der Waals surface area (Å²) >= 11 is 11.7. The van der Waals surface area contributed by atoms with Crippen molar-refractivity contribution in [3.8, 4) is 11.5 Å². The molecule has 7 nitrogen and oxygen atoms in total. The Hall–Kier alpha value is -3.05. The van der Waals surface area contributed by atoms with Gasteiger partial charge in [0.05, 0.1) is 23.7 Å². The molecule has 2 bridgehead atoms. The quantitative estimate of drug-likeness (QED) is 0.375. The molecule has 0 saturated heterocycles. The number of Topliss-reactive ketones (excluding diaryl/α,β-unsaturated/α-hetero) is 1. The summed E-state index contributed by atoms with van der Waals surface area (Å²) in [5.41, 5.74) is -0.541. The minimum atomic E-state index is -4.50. The van der Waals surface area contributed by atoms with Crippen molar-refractivity contribution in [1.29, 1.82) is 0 Å². The smallest absolute Gasteiger partial charge is 0.389 e. The number of benzene rings is 2. The molecular formula is C27H24Cl2F4N2O5. The maximum atomic E-state index is 13.5. The fraction of sp³-hybridized carbons (Fsp3) is 0.444. The van der Waals surface area contributed by atoms with E-state index >= 15 is 0 Å². The largest absolute Gasteiger partial charge is 0.484 e. The number of alkyl halides is 3. The van der Waals surface area contributed by atoms with Gasteiger partial charge in [-0.25, -0.2) is 4.39 Å². The van der Waals surface area contributed by atoms with Gasteiger partial charge >= 0.3 is 6.18 Å². The zero-order valence-electron chi connectivity index (χ0n) is 21.0. The molecule has 3 saturated carbocycles. The van der Waals surface area contributed by atoms with Crippen molar-refractivity contribution >= 4 is 46.5 Å². The summed E-state index contributed by atoms with van der Waals surface area (Å²) < 4.78 is 62.9. The Morgan fingerprint density at radius 2 is 1.82 bits per heavy atom. The van der Waals surface area contributed by atoms with E-state index in [1.807, 2.05) is 0 Å². The Bertz CT molecular complexity index is 1350. The Labute approximate surface area is 236 Å². The Morgan fingerprint density at radius 1 is 1.10 bits per heavy atom. The number of ether oxygens (including phenoxy) is 2. The summed E-state index contributed by atoms with van der Waals surface area (Å²) in [6, 6.07) is 8.27. The zero-order chi connectivity index (χ0) is 28.9. The van der Waals surface area contributed by atoms with E-state index in [1.54, 1.807) is 0 Å². The van der Waals surface area contributed by atoms with E-state index in [0.717, 1.165) is 11.0 Å². The van der Waals surface area contributed by atoms with Crippen molar-refractivity contribution in [2.45, 2.75) is 56.3 Å². The van der Waals surface area contributed by atoms with Gasteiger partial charge in [-0.2, -0.15) is 13.2 Å². The molecule has 0 radical (unpaired) electrons. The number of anilines is 1. The van der Waals surface area contributed by atoms with Crippen LogP contribution >= 0.6 is 23.2 Å². The number of hydrogen-bond acceptors (Lipinski definition) is 5. The third-order valence-electron chi connectivity index (χ3n) is 7.47. The summed E-state index contributed by atoms with van der Waals surface area (Å²) in [7, 11) is 0. The predicted molar refractivity (Wildman–Crippen MR) is 137 cm³/mol. The molecule has 1 heterocycles. The summed E-state index contributed by atoms with van der Waals surface area (Å²) in [6.07, 6.45) is -5.74. The zero-order valence-corrected chi connectivity index (χ0v) is 22.5. The number of carbonyl (C=O) groups excluding carboxylic acids is 3. The lowest BCUT2D eigenvalue weighted by Crippen LogP contribution is -2.75. The van der Waals surface area contributed by atoms with Crippen LogP contribution < -0.4 is 19.7 Å². The number of hydrogen-bond donors (Lipinski definition) is 1. The second-order valence-electron chi connectivity index (χ2n) is 10.7. The molecule has 3 fully saturated rings. The van der Waals surface area contributed by atoms with E-state index in [9.17, 15) is 31.9 Å². The first-order chi connectivity index (χ1) is 18.8. The topological polar surface area (TPSA) is 84.9 Å². The van der Waals surface area contributed by atoms with Gasteiger partial charge in [0, 0.05) is 29.5 Å². The molecule has 4 aliphatic rings. The molecule has 2 aromatic rings. The summed E-state index contributed by atoms with van der Waals surface area (Å²) in [5.74, 6) is -1.74. The normalized spacial score (nSPS) is 24.6. The fourth-order valence-electron chi connectivity index (χ4n) is 5.89. The van der Waals surface area contributed by atoms with Gasteiger partial charge in [0.25, 0.3) is 5.91 Å². The molecule has 1 atom stereocenters. The first kappa shape index (κ1) is 28.5. The number of halogens is 6. The molecule has 2 amide bonds. The van der Waals surface area contributed by atoms with Gasteiger partial charge in [0.2, 0.25) is 5.91 Å². The number of ketones is 1. The molecular weight excluding hydrogens is 579 g/mol. The Balaban J connectivity index is 1.15. The highest BCUT2D eigenvalue weighted by Crippen LogP contribution is 2.69. The van der Waals surface area contributed by atoms with E-state index in [-0.39, 0.29) is 63.9 Å². The Morgan fingerprint density at radius 3 is 2.50 bits per heavy atom. The van der Waals surface area contributed by atoms with E-state index in [2.05, 4.69) is 5.32 Å². The van der Waals surface area contributed by atoms with Crippen molar-refractivity contribution in [1.82, 2.24) is 5.32 Å². The van der Waals surface area contributed by atoms with Gasteiger partial charge in [-0.15, -0.1) is 0 Å². The number of amides is 2. The third kappa shape index (κ3) is 6.00. The number of fused-ring (bicyclic) bond motifs is 1. The second kappa shape index (κ2) is 10.4. The van der Waals surface area contributed by atoms with Crippen LogP contribution in [0.2, 0.25) is 10.0 Å². The molecule has 0 spiro atoms. The van der Waals surface area contributed by atoms with E-state index < -0.39 is 42.4 Å². The van der Waals surface area contributed by atoms with Crippen molar-refractivity contribution < 1.29 is 41.4 Å². The molecule has 13 heteroatoms. The van der Waals surface area contributed by atoms with Crippen LogP contribution in [0, 0.1) is 11.2 Å². The lowest BCUT2D eigenvalue weighted by atomic mass is 9.38. The van der Waals surface area contributed by atoms with Crippen molar-refractivity contribution in [3.63, 3.8) is 0 Å². The SMILES string of the molecule is O=C(COc1ccc(Cl)c(F)c1)NC12CC(CC(=O)C3CN(C(=O)CCC(F)(F)F)c4cc(Cl)ccc4O3)(C1)C2. The number of nitrogens with one attached hydrogen (secondary N) is 1. The molecule has 6 rings (SSSR count). The highest BCUT2D eigenvalue weighted by atomic mass is 35.5. The molecule has 1 N–H and O–H groups in total. The fourth-order valence-corrected chi connectivity index (χ4v) is 6.18. The van der Waals surface area contributed by atoms with E-state index in [0.29, 0.717) is 19.3 Å². The average molecular weight is 603 g/mol. The van der Waals surface area contributed by atoms with Crippen LogP contribution in [0.3, 0.4) is 0 Å². The molecule has 1 aliphatic heterocycles. The minimum absolute atomic E-state index is 0.0569. The second-order valence-corrected chi connectivity index (χ2v) is 11.5. The first-order valence-electron chi connectivity index (χ1n) is 12.5. The maximum absolute atomic E-state index is 13.5. The van der Waals surface area contributed by atoms with E-state index in [1.165, 1.54) is 30.3 Å². The maximum Gasteiger partial charge on any atom is 0.389 e. The molecule has 40 heavy (non-hydrogen) atoms. The summed E-state index contributed by atoms with van der Waals surface area (Å²) in [5, 5.41) is 3.13. The monoisotopic (exact) mass is 602 g/mol. The lowest BCUT2D eigenvalue weighted by Gasteiger charge is -2.70. The van der Waals surface area contributed by atoms with Gasteiger partial charge in [-0.05, 0) is 55.0 Å². The standard InChI is InChI=1S/C27H24Cl2F4N2O5/c28-15-1-4-21-19(7-15)35(24(38)5-6-27(31,32)33)10-22(40-21)20(36)9-25-12-26(13-25,14-25)34-23(37)11-39-16-2-3-17(29)18(30)8-16/h1-4,7-8,22H,5-6,9-14H2,(H,34,37). The highest BCUT2D eigenvalue weighted by Gasteiger charge is 2.68. The average Bonchev–Trinajstić information content (AvgIpc) is 2.84.